The Kier molecular flexibility index (Phi) is 4.38. The maximum absolute atomic E-state index is 12.3. The lowest BCUT2D eigenvalue weighted by atomic mass is 9.93. The second kappa shape index (κ2) is 5.85. The zero-order valence-corrected chi connectivity index (χ0v) is 11.7. The predicted octanol–water partition coefficient (Wildman–Crippen LogP) is 0.705. The van der Waals surface area contributed by atoms with Crippen molar-refractivity contribution in [3.63, 3.8) is 0 Å². The van der Waals surface area contributed by atoms with E-state index in [-0.39, 0.29) is 5.03 Å². The summed E-state index contributed by atoms with van der Waals surface area (Å²) in [7, 11) is -2.07. The van der Waals surface area contributed by atoms with Crippen molar-refractivity contribution in [3.8, 4) is 0 Å². The number of anilines is 1. The first kappa shape index (κ1) is 14.2. The van der Waals surface area contributed by atoms with Gasteiger partial charge in [0.15, 0.2) is 5.03 Å². The molecule has 7 heteroatoms. The van der Waals surface area contributed by atoms with Crippen molar-refractivity contribution < 1.29 is 13.5 Å². The molecule has 0 radical (unpaired) electrons. The van der Waals surface area contributed by atoms with Crippen LogP contribution in [0.5, 0.6) is 0 Å². The van der Waals surface area contributed by atoms with Gasteiger partial charge in [-0.25, -0.2) is 18.1 Å². The van der Waals surface area contributed by atoms with Crippen LogP contribution in [0.2, 0.25) is 0 Å². The van der Waals surface area contributed by atoms with Gasteiger partial charge < -0.3 is 10.4 Å². The summed E-state index contributed by atoms with van der Waals surface area (Å²) in [4.78, 5) is 3.92. The lowest BCUT2D eigenvalue weighted by Gasteiger charge is -2.28. The summed E-state index contributed by atoms with van der Waals surface area (Å²) in [5, 5.41) is 12.6. The molecule has 1 saturated carbocycles. The van der Waals surface area contributed by atoms with Gasteiger partial charge in [-0.1, -0.05) is 12.8 Å². The van der Waals surface area contributed by atoms with Crippen LogP contribution in [0.1, 0.15) is 25.7 Å². The van der Waals surface area contributed by atoms with Crippen molar-refractivity contribution >= 4 is 15.7 Å². The molecular weight excluding hydrogens is 266 g/mol. The van der Waals surface area contributed by atoms with E-state index in [1.54, 1.807) is 19.2 Å². The smallest absolute Gasteiger partial charge is 0.260 e. The standard InChI is InChI=1S/C12H19N3O3S/c1-13-10-6-4-8-14-12(10)19(17,18)15-9-5-2-3-7-11(9)16/h4,6,8-9,11,13,15-16H,2-3,5,7H2,1H3. The molecule has 19 heavy (non-hydrogen) atoms. The van der Waals surface area contributed by atoms with Crippen LogP contribution in [0.4, 0.5) is 5.69 Å². The Bertz CT molecular complexity index is 533. The van der Waals surface area contributed by atoms with Crippen molar-refractivity contribution in [1.82, 2.24) is 9.71 Å². The molecule has 0 amide bonds. The molecule has 0 bridgehead atoms. The molecule has 1 aromatic rings. The molecule has 0 aromatic carbocycles. The Morgan fingerprint density at radius 1 is 1.37 bits per heavy atom. The molecular formula is C12H19N3O3S. The van der Waals surface area contributed by atoms with Gasteiger partial charge in [0.25, 0.3) is 10.0 Å². The second-order valence-electron chi connectivity index (χ2n) is 4.69. The first-order chi connectivity index (χ1) is 9.04. The Hall–Kier alpha value is -1.18. The second-order valence-corrected chi connectivity index (χ2v) is 6.31. The maximum atomic E-state index is 12.3. The van der Waals surface area contributed by atoms with Gasteiger partial charge in [0.2, 0.25) is 0 Å². The predicted molar refractivity (Wildman–Crippen MR) is 72.4 cm³/mol. The number of aliphatic hydroxyl groups is 1. The van der Waals surface area contributed by atoms with E-state index >= 15 is 0 Å². The van der Waals surface area contributed by atoms with Crippen molar-refractivity contribution in [2.45, 2.75) is 42.9 Å². The van der Waals surface area contributed by atoms with Crippen LogP contribution in [-0.4, -0.2) is 37.7 Å². The normalized spacial score (nSPS) is 24.1. The molecule has 6 nitrogen and oxygen atoms in total. The minimum Gasteiger partial charge on any atom is -0.391 e. The Morgan fingerprint density at radius 3 is 2.79 bits per heavy atom. The minimum atomic E-state index is -3.72. The van der Waals surface area contributed by atoms with Crippen molar-refractivity contribution in [2.24, 2.45) is 0 Å². The van der Waals surface area contributed by atoms with Gasteiger partial charge in [-0.15, -0.1) is 0 Å². The fourth-order valence-electron chi connectivity index (χ4n) is 2.30. The zero-order valence-electron chi connectivity index (χ0n) is 10.8. The summed E-state index contributed by atoms with van der Waals surface area (Å²) in [5.41, 5.74) is 0.445. The molecule has 2 rings (SSSR count). The number of aliphatic hydroxyl groups excluding tert-OH is 1. The molecule has 0 aliphatic heterocycles. The number of nitrogens with one attached hydrogen (secondary N) is 2. The van der Waals surface area contributed by atoms with Gasteiger partial charge >= 0.3 is 0 Å². The fourth-order valence-corrected chi connectivity index (χ4v) is 3.74. The first-order valence-corrected chi connectivity index (χ1v) is 7.86. The van der Waals surface area contributed by atoms with Crippen LogP contribution in [0.3, 0.4) is 0 Å². The SMILES string of the molecule is CNc1cccnc1S(=O)(=O)NC1CCCCC1O. The summed E-state index contributed by atoms with van der Waals surface area (Å²) in [6.45, 7) is 0. The molecule has 1 aliphatic carbocycles. The third-order valence-electron chi connectivity index (χ3n) is 3.33. The third-order valence-corrected chi connectivity index (χ3v) is 4.78. The monoisotopic (exact) mass is 285 g/mol. The molecule has 0 saturated heterocycles. The number of nitrogens with zero attached hydrogens (tertiary/aromatic N) is 1. The summed E-state index contributed by atoms with van der Waals surface area (Å²) >= 11 is 0. The molecule has 1 heterocycles. The van der Waals surface area contributed by atoms with Crippen molar-refractivity contribution in [3.05, 3.63) is 18.3 Å². The highest BCUT2D eigenvalue weighted by Gasteiger charge is 2.29. The number of hydrogen-bond acceptors (Lipinski definition) is 5. The average molecular weight is 285 g/mol. The number of pyridine rings is 1. The van der Waals surface area contributed by atoms with Crippen LogP contribution >= 0.6 is 0 Å². The molecule has 2 atom stereocenters. The molecule has 1 aromatic heterocycles. The van der Waals surface area contributed by atoms with Crippen LogP contribution in [0.25, 0.3) is 0 Å². The lowest BCUT2D eigenvalue weighted by Crippen LogP contribution is -2.45. The Morgan fingerprint density at radius 2 is 2.11 bits per heavy atom. The number of sulfonamides is 1. The zero-order chi connectivity index (χ0) is 13.9. The number of hydrogen-bond donors (Lipinski definition) is 3. The van der Waals surface area contributed by atoms with Gasteiger partial charge in [0.05, 0.1) is 11.8 Å². The third kappa shape index (κ3) is 3.23. The van der Waals surface area contributed by atoms with E-state index in [0.29, 0.717) is 18.5 Å². The van der Waals surface area contributed by atoms with Crippen molar-refractivity contribution in [1.29, 1.82) is 0 Å². The largest absolute Gasteiger partial charge is 0.391 e. The lowest BCUT2D eigenvalue weighted by molar-refractivity contribution is 0.101. The van der Waals surface area contributed by atoms with Crippen LogP contribution < -0.4 is 10.0 Å². The molecule has 1 fully saturated rings. The van der Waals surface area contributed by atoms with E-state index in [1.807, 2.05) is 0 Å². The maximum Gasteiger partial charge on any atom is 0.260 e. The van der Waals surface area contributed by atoms with E-state index in [2.05, 4.69) is 15.0 Å². The molecule has 2 unspecified atom stereocenters. The molecule has 0 spiro atoms. The van der Waals surface area contributed by atoms with E-state index in [4.69, 9.17) is 0 Å². The van der Waals surface area contributed by atoms with Gasteiger partial charge in [-0.2, -0.15) is 0 Å². The van der Waals surface area contributed by atoms with Gasteiger partial charge in [-0.05, 0) is 25.0 Å². The van der Waals surface area contributed by atoms with E-state index in [1.165, 1.54) is 6.20 Å². The van der Waals surface area contributed by atoms with Crippen LogP contribution in [0, 0.1) is 0 Å². The van der Waals surface area contributed by atoms with Gasteiger partial charge in [0.1, 0.15) is 0 Å². The Balaban J connectivity index is 2.22. The quantitative estimate of drug-likeness (QED) is 0.757. The molecule has 3 N–H and O–H groups in total. The summed E-state index contributed by atoms with van der Waals surface area (Å²) in [5.74, 6) is 0. The average Bonchev–Trinajstić information content (AvgIpc) is 2.41. The highest BCUT2D eigenvalue weighted by molar-refractivity contribution is 7.89. The van der Waals surface area contributed by atoms with Gasteiger partial charge in [-0.3, -0.25) is 0 Å². The summed E-state index contributed by atoms with van der Waals surface area (Å²) < 4.78 is 27.2. The number of rotatable bonds is 4. The minimum absolute atomic E-state index is 0.0322. The van der Waals surface area contributed by atoms with Crippen molar-refractivity contribution in [2.75, 3.05) is 12.4 Å². The topological polar surface area (TPSA) is 91.3 Å². The van der Waals surface area contributed by atoms with Gasteiger partial charge in [0, 0.05) is 19.3 Å². The summed E-state index contributed by atoms with van der Waals surface area (Å²) in [6.07, 6.45) is 3.96. The van der Waals surface area contributed by atoms with Crippen LogP contribution in [0.15, 0.2) is 23.4 Å². The van der Waals surface area contributed by atoms with E-state index in [0.717, 1.165) is 12.8 Å². The first-order valence-electron chi connectivity index (χ1n) is 6.38. The molecule has 1 aliphatic rings. The van der Waals surface area contributed by atoms with Crippen LogP contribution in [-0.2, 0) is 10.0 Å². The highest BCUT2D eigenvalue weighted by atomic mass is 32.2. The van der Waals surface area contributed by atoms with E-state index in [9.17, 15) is 13.5 Å². The molecule has 106 valence electrons. The fraction of sp³-hybridized carbons (Fsp3) is 0.583. The van der Waals surface area contributed by atoms with E-state index < -0.39 is 22.2 Å². The Labute approximate surface area is 113 Å². The number of aromatic nitrogens is 1. The highest BCUT2D eigenvalue weighted by Crippen LogP contribution is 2.22. The summed E-state index contributed by atoms with van der Waals surface area (Å²) in [6, 6.07) is 2.89.